The van der Waals surface area contributed by atoms with Crippen LogP contribution in [0.4, 0.5) is 0 Å². The highest BCUT2D eigenvalue weighted by Gasteiger charge is 2.33. The summed E-state index contributed by atoms with van der Waals surface area (Å²) in [5, 5.41) is 3.85. The minimum absolute atomic E-state index is 0.00468. The summed E-state index contributed by atoms with van der Waals surface area (Å²) in [6.45, 7) is 2.65. The molecule has 21 heavy (non-hydrogen) atoms. The van der Waals surface area contributed by atoms with Crippen molar-refractivity contribution in [3.05, 3.63) is 11.7 Å². The summed E-state index contributed by atoms with van der Waals surface area (Å²) in [7, 11) is 0. The standard InChI is InChI=1S/C16H25N3O2/c1-12-17-16(21-18-12)14-8-5-11-19(14)15(20)10-9-13-6-3-2-4-7-13/h13-14H,2-11H2,1H3. The molecular formula is C16H25N3O2. The minimum Gasteiger partial charge on any atom is -0.337 e. The fourth-order valence-corrected chi connectivity index (χ4v) is 3.72. The van der Waals surface area contributed by atoms with Gasteiger partial charge in [-0.15, -0.1) is 0 Å². The molecule has 116 valence electrons. The van der Waals surface area contributed by atoms with Gasteiger partial charge in [0.1, 0.15) is 6.04 Å². The van der Waals surface area contributed by atoms with Crippen molar-refractivity contribution in [3.63, 3.8) is 0 Å². The van der Waals surface area contributed by atoms with Gasteiger partial charge in [-0.25, -0.2) is 0 Å². The van der Waals surface area contributed by atoms with Gasteiger partial charge < -0.3 is 9.42 Å². The van der Waals surface area contributed by atoms with Crippen LogP contribution < -0.4 is 0 Å². The predicted molar refractivity (Wildman–Crippen MR) is 78.5 cm³/mol. The van der Waals surface area contributed by atoms with Crippen molar-refractivity contribution >= 4 is 5.91 Å². The molecule has 0 spiro atoms. The number of aryl methyl sites for hydroxylation is 1. The lowest BCUT2D eigenvalue weighted by Gasteiger charge is -2.25. The summed E-state index contributed by atoms with van der Waals surface area (Å²) < 4.78 is 5.27. The van der Waals surface area contributed by atoms with Gasteiger partial charge in [0.2, 0.25) is 11.8 Å². The van der Waals surface area contributed by atoms with E-state index in [0.717, 1.165) is 31.7 Å². The first kappa shape index (κ1) is 14.5. The van der Waals surface area contributed by atoms with Crippen LogP contribution in [0.15, 0.2) is 4.52 Å². The Hall–Kier alpha value is -1.39. The van der Waals surface area contributed by atoms with Gasteiger partial charge in [-0.3, -0.25) is 4.79 Å². The van der Waals surface area contributed by atoms with Crippen LogP contribution >= 0.6 is 0 Å². The van der Waals surface area contributed by atoms with Gasteiger partial charge in [-0.1, -0.05) is 37.3 Å². The maximum absolute atomic E-state index is 12.5. The lowest BCUT2D eigenvalue weighted by atomic mass is 9.86. The third-order valence-electron chi connectivity index (χ3n) is 4.89. The van der Waals surface area contributed by atoms with Crippen LogP contribution in [0.3, 0.4) is 0 Å². The Morgan fingerprint density at radius 2 is 2.05 bits per heavy atom. The Morgan fingerprint density at radius 3 is 2.76 bits per heavy atom. The Bertz CT molecular complexity index is 480. The van der Waals surface area contributed by atoms with E-state index < -0.39 is 0 Å². The van der Waals surface area contributed by atoms with Crippen molar-refractivity contribution in [2.45, 2.75) is 70.8 Å². The van der Waals surface area contributed by atoms with Crippen molar-refractivity contribution in [1.82, 2.24) is 15.0 Å². The summed E-state index contributed by atoms with van der Waals surface area (Å²) in [5.74, 6) is 2.27. The number of likely N-dealkylation sites (tertiary alicyclic amines) is 1. The second-order valence-electron chi connectivity index (χ2n) is 6.47. The first-order valence-corrected chi connectivity index (χ1v) is 8.33. The zero-order valence-corrected chi connectivity index (χ0v) is 12.9. The van der Waals surface area contributed by atoms with Crippen molar-refractivity contribution in [2.75, 3.05) is 6.54 Å². The van der Waals surface area contributed by atoms with Crippen LogP contribution in [-0.4, -0.2) is 27.5 Å². The predicted octanol–water partition coefficient (Wildman–Crippen LogP) is 3.40. The Morgan fingerprint density at radius 1 is 1.24 bits per heavy atom. The molecule has 1 aromatic rings. The molecule has 2 aliphatic rings. The third-order valence-corrected chi connectivity index (χ3v) is 4.89. The highest BCUT2D eigenvalue weighted by Crippen LogP contribution is 2.33. The number of nitrogens with zero attached hydrogens (tertiary/aromatic N) is 3. The molecule has 3 rings (SSSR count). The molecule has 5 heteroatoms. The van der Waals surface area contributed by atoms with Crippen LogP contribution in [0.2, 0.25) is 0 Å². The third kappa shape index (κ3) is 3.44. The number of amides is 1. The molecule has 1 saturated heterocycles. The van der Waals surface area contributed by atoms with Gasteiger partial charge in [-0.2, -0.15) is 4.98 Å². The summed E-state index contributed by atoms with van der Waals surface area (Å²) >= 11 is 0. The van der Waals surface area contributed by atoms with E-state index >= 15 is 0 Å². The van der Waals surface area contributed by atoms with Gasteiger partial charge in [0, 0.05) is 13.0 Å². The molecule has 1 saturated carbocycles. The highest BCUT2D eigenvalue weighted by molar-refractivity contribution is 5.76. The number of aromatic nitrogens is 2. The normalized spacial score (nSPS) is 23.7. The number of rotatable bonds is 4. The monoisotopic (exact) mass is 291 g/mol. The molecule has 0 bridgehead atoms. The molecule has 1 atom stereocenters. The van der Waals surface area contributed by atoms with E-state index in [1.807, 2.05) is 11.8 Å². The quantitative estimate of drug-likeness (QED) is 0.853. The van der Waals surface area contributed by atoms with Gasteiger partial charge in [0.15, 0.2) is 5.82 Å². The maximum atomic E-state index is 12.5. The Balaban J connectivity index is 1.55. The van der Waals surface area contributed by atoms with E-state index in [0.29, 0.717) is 18.1 Å². The summed E-state index contributed by atoms with van der Waals surface area (Å²) in [4.78, 5) is 18.8. The van der Waals surface area contributed by atoms with E-state index in [-0.39, 0.29) is 11.9 Å². The highest BCUT2D eigenvalue weighted by atomic mass is 16.5. The molecule has 2 fully saturated rings. The lowest BCUT2D eigenvalue weighted by Crippen LogP contribution is -2.31. The van der Waals surface area contributed by atoms with E-state index in [1.165, 1.54) is 32.1 Å². The molecule has 1 aliphatic carbocycles. The minimum atomic E-state index is 0.00468. The van der Waals surface area contributed by atoms with Crippen molar-refractivity contribution in [1.29, 1.82) is 0 Å². The first-order valence-electron chi connectivity index (χ1n) is 8.33. The van der Waals surface area contributed by atoms with Crippen molar-refractivity contribution in [2.24, 2.45) is 5.92 Å². The van der Waals surface area contributed by atoms with Crippen LogP contribution in [0.25, 0.3) is 0 Å². The molecule has 0 N–H and O–H groups in total. The number of hydrogen-bond acceptors (Lipinski definition) is 4. The number of carbonyl (C=O) groups is 1. The van der Waals surface area contributed by atoms with Gasteiger partial charge >= 0.3 is 0 Å². The molecular weight excluding hydrogens is 266 g/mol. The topological polar surface area (TPSA) is 59.2 Å². The molecule has 1 aliphatic heterocycles. The van der Waals surface area contributed by atoms with E-state index in [1.54, 1.807) is 0 Å². The molecule has 1 amide bonds. The second-order valence-corrected chi connectivity index (χ2v) is 6.47. The van der Waals surface area contributed by atoms with Crippen LogP contribution in [0.1, 0.15) is 75.5 Å². The fourth-order valence-electron chi connectivity index (χ4n) is 3.72. The molecule has 0 aromatic carbocycles. The van der Waals surface area contributed by atoms with E-state index in [2.05, 4.69) is 10.1 Å². The summed E-state index contributed by atoms with van der Waals surface area (Å²) in [5.41, 5.74) is 0. The van der Waals surface area contributed by atoms with Crippen LogP contribution in [-0.2, 0) is 4.79 Å². The summed E-state index contributed by atoms with van der Waals surface area (Å²) in [6.07, 6.45) is 10.4. The average Bonchev–Trinajstić information content (AvgIpc) is 3.14. The van der Waals surface area contributed by atoms with Crippen molar-refractivity contribution in [3.8, 4) is 0 Å². The fraction of sp³-hybridized carbons (Fsp3) is 0.812. The van der Waals surface area contributed by atoms with Crippen LogP contribution in [0.5, 0.6) is 0 Å². The number of hydrogen-bond donors (Lipinski definition) is 0. The SMILES string of the molecule is Cc1noc(C2CCCN2C(=O)CCC2CCCCC2)n1. The lowest BCUT2D eigenvalue weighted by molar-refractivity contribution is -0.133. The Labute approximate surface area is 126 Å². The van der Waals surface area contributed by atoms with Gasteiger partial charge in [-0.05, 0) is 32.1 Å². The maximum Gasteiger partial charge on any atom is 0.249 e. The zero-order valence-electron chi connectivity index (χ0n) is 12.9. The second kappa shape index (κ2) is 6.58. The molecule has 5 nitrogen and oxygen atoms in total. The van der Waals surface area contributed by atoms with E-state index in [9.17, 15) is 4.79 Å². The van der Waals surface area contributed by atoms with Gasteiger partial charge in [0.05, 0.1) is 0 Å². The first-order chi connectivity index (χ1) is 10.2. The van der Waals surface area contributed by atoms with Crippen LogP contribution in [0, 0.1) is 12.8 Å². The molecule has 1 unspecified atom stereocenters. The largest absolute Gasteiger partial charge is 0.337 e. The van der Waals surface area contributed by atoms with Gasteiger partial charge in [0.25, 0.3) is 0 Å². The summed E-state index contributed by atoms with van der Waals surface area (Å²) in [6, 6.07) is 0.00468. The van der Waals surface area contributed by atoms with E-state index in [4.69, 9.17) is 4.52 Å². The molecule has 1 aromatic heterocycles. The number of carbonyl (C=O) groups excluding carboxylic acids is 1. The molecule has 0 radical (unpaired) electrons. The van der Waals surface area contributed by atoms with Crippen molar-refractivity contribution < 1.29 is 9.32 Å². The Kier molecular flexibility index (Phi) is 4.56. The average molecular weight is 291 g/mol. The zero-order chi connectivity index (χ0) is 14.7. The smallest absolute Gasteiger partial charge is 0.249 e. The molecule has 2 heterocycles.